The molecule has 2 N–H and O–H groups in total. The van der Waals surface area contributed by atoms with Gasteiger partial charge in [0.15, 0.2) is 0 Å². The molecule has 0 bridgehead atoms. The lowest BCUT2D eigenvalue weighted by Gasteiger charge is -2.26. The molecule has 0 unspecified atom stereocenters. The van der Waals surface area contributed by atoms with Crippen LogP contribution in [0, 0.1) is 0 Å². The quantitative estimate of drug-likeness (QED) is 0.796. The number of nitrogens with one attached hydrogen (secondary N) is 1. The number of hydrogen-bond acceptors (Lipinski definition) is 6. The highest BCUT2D eigenvalue weighted by molar-refractivity contribution is 7.89. The van der Waals surface area contributed by atoms with Gasteiger partial charge in [0.2, 0.25) is 10.0 Å². The zero-order valence-corrected chi connectivity index (χ0v) is 15.2. The minimum absolute atomic E-state index is 0.0233. The summed E-state index contributed by atoms with van der Waals surface area (Å²) in [7, 11) is -3.80. The number of rotatable bonds is 5. The number of morpholine rings is 1. The van der Waals surface area contributed by atoms with Gasteiger partial charge in [-0.05, 0) is 29.6 Å². The van der Waals surface area contributed by atoms with E-state index < -0.39 is 21.9 Å². The number of aromatic carboxylic acids is 1. The largest absolute Gasteiger partial charge is 0.478 e. The molecule has 2 heterocycles. The van der Waals surface area contributed by atoms with Gasteiger partial charge in [-0.2, -0.15) is 4.31 Å². The van der Waals surface area contributed by atoms with Gasteiger partial charge in [0, 0.05) is 18.8 Å². The fraction of sp³-hybridized carbons (Fsp3) is 0.250. The lowest BCUT2D eigenvalue weighted by atomic mass is 10.2. The van der Waals surface area contributed by atoms with Crippen LogP contribution in [0.2, 0.25) is 0 Å². The number of carboxylic acid groups (broad SMARTS) is 1. The van der Waals surface area contributed by atoms with Crippen molar-refractivity contribution in [2.75, 3.05) is 31.6 Å². The van der Waals surface area contributed by atoms with E-state index in [1.54, 1.807) is 0 Å². The SMILES string of the molecule is O=C(O)c1cccc(NC(=O)c2sccc2S(=O)(=O)N2CCOCC2)c1. The van der Waals surface area contributed by atoms with Crippen LogP contribution in [-0.2, 0) is 14.8 Å². The summed E-state index contributed by atoms with van der Waals surface area (Å²) in [5.41, 5.74) is 0.299. The molecular weight excluding hydrogens is 380 g/mol. The summed E-state index contributed by atoms with van der Waals surface area (Å²) in [6.07, 6.45) is 0. The van der Waals surface area contributed by atoms with Crippen molar-refractivity contribution in [3.8, 4) is 0 Å². The smallest absolute Gasteiger partial charge is 0.335 e. The van der Waals surface area contributed by atoms with Crippen LogP contribution in [-0.4, -0.2) is 56.0 Å². The van der Waals surface area contributed by atoms with Crippen molar-refractivity contribution in [1.82, 2.24) is 4.31 Å². The molecule has 10 heteroatoms. The van der Waals surface area contributed by atoms with Gasteiger partial charge in [0.25, 0.3) is 5.91 Å². The van der Waals surface area contributed by atoms with Crippen LogP contribution < -0.4 is 5.32 Å². The Morgan fingerprint density at radius 2 is 1.92 bits per heavy atom. The second-order valence-corrected chi connectivity index (χ2v) is 8.29. The van der Waals surface area contributed by atoms with Gasteiger partial charge in [-0.1, -0.05) is 6.07 Å². The molecule has 0 aliphatic carbocycles. The van der Waals surface area contributed by atoms with Crippen LogP contribution in [0.1, 0.15) is 20.0 Å². The Balaban J connectivity index is 1.85. The number of thiophene rings is 1. The van der Waals surface area contributed by atoms with Crippen molar-refractivity contribution in [1.29, 1.82) is 0 Å². The average Bonchev–Trinajstić information content (AvgIpc) is 3.13. The van der Waals surface area contributed by atoms with E-state index >= 15 is 0 Å². The summed E-state index contributed by atoms with van der Waals surface area (Å²) in [5, 5.41) is 13.1. The second-order valence-electron chi connectivity index (χ2n) is 5.47. The van der Waals surface area contributed by atoms with Gasteiger partial charge in [0.05, 0.1) is 18.8 Å². The Hall–Kier alpha value is -2.27. The highest BCUT2D eigenvalue weighted by Gasteiger charge is 2.31. The second kappa shape index (κ2) is 7.54. The van der Waals surface area contributed by atoms with Crippen LogP contribution in [0.25, 0.3) is 0 Å². The number of carbonyl (C=O) groups is 2. The zero-order chi connectivity index (χ0) is 18.7. The lowest BCUT2D eigenvalue weighted by Crippen LogP contribution is -2.41. The maximum Gasteiger partial charge on any atom is 0.335 e. The van der Waals surface area contributed by atoms with Crippen LogP contribution in [0.3, 0.4) is 0 Å². The molecule has 26 heavy (non-hydrogen) atoms. The van der Waals surface area contributed by atoms with Crippen molar-refractivity contribution in [2.24, 2.45) is 0 Å². The molecule has 0 atom stereocenters. The van der Waals surface area contributed by atoms with E-state index in [0.717, 1.165) is 11.3 Å². The van der Waals surface area contributed by atoms with E-state index in [0.29, 0.717) is 13.2 Å². The molecular formula is C16H16N2O6S2. The number of anilines is 1. The molecule has 0 radical (unpaired) electrons. The number of ether oxygens (including phenoxy) is 1. The first-order chi connectivity index (χ1) is 12.4. The minimum atomic E-state index is -3.80. The van der Waals surface area contributed by atoms with Gasteiger partial charge < -0.3 is 15.2 Å². The molecule has 0 spiro atoms. The first kappa shape index (κ1) is 18.5. The number of nitrogens with zero attached hydrogens (tertiary/aromatic N) is 1. The van der Waals surface area contributed by atoms with E-state index in [4.69, 9.17) is 9.84 Å². The molecule has 138 valence electrons. The van der Waals surface area contributed by atoms with E-state index in [1.807, 2.05) is 0 Å². The van der Waals surface area contributed by atoms with Gasteiger partial charge >= 0.3 is 5.97 Å². The molecule has 1 aromatic carbocycles. The Morgan fingerprint density at radius 3 is 2.62 bits per heavy atom. The first-order valence-corrected chi connectivity index (χ1v) is 10.0. The molecule has 1 fully saturated rings. The molecule has 0 saturated carbocycles. The maximum atomic E-state index is 12.8. The third-order valence-electron chi connectivity index (χ3n) is 3.79. The van der Waals surface area contributed by atoms with Crippen molar-refractivity contribution in [3.05, 3.63) is 46.2 Å². The van der Waals surface area contributed by atoms with E-state index in [9.17, 15) is 18.0 Å². The fourth-order valence-electron chi connectivity index (χ4n) is 2.51. The highest BCUT2D eigenvalue weighted by Crippen LogP contribution is 2.27. The highest BCUT2D eigenvalue weighted by atomic mass is 32.2. The predicted molar refractivity (Wildman–Crippen MR) is 95.3 cm³/mol. The van der Waals surface area contributed by atoms with Crippen molar-refractivity contribution < 1.29 is 27.9 Å². The zero-order valence-electron chi connectivity index (χ0n) is 13.5. The number of sulfonamides is 1. The van der Waals surface area contributed by atoms with E-state index in [1.165, 1.54) is 40.0 Å². The van der Waals surface area contributed by atoms with Gasteiger partial charge in [-0.25, -0.2) is 13.2 Å². The van der Waals surface area contributed by atoms with Crippen molar-refractivity contribution in [3.63, 3.8) is 0 Å². The third-order valence-corrected chi connectivity index (χ3v) is 6.77. The average molecular weight is 396 g/mol. The summed E-state index contributed by atoms with van der Waals surface area (Å²) >= 11 is 1.01. The topological polar surface area (TPSA) is 113 Å². The Kier molecular flexibility index (Phi) is 5.37. The summed E-state index contributed by atoms with van der Waals surface area (Å²) in [5.74, 6) is -1.72. The molecule has 2 aromatic rings. The normalized spacial score (nSPS) is 15.5. The molecule has 8 nitrogen and oxygen atoms in total. The summed E-state index contributed by atoms with van der Waals surface area (Å²) < 4.78 is 32.0. The maximum absolute atomic E-state index is 12.8. The van der Waals surface area contributed by atoms with Gasteiger partial charge in [0.1, 0.15) is 9.77 Å². The predicted octanol–water partition coefficient (Wildman–Crippen LogP) is 1.72. The molecule has 3 rings (SSSR count). The summed E-state index contributed by atoms with van der Waals surface area (Å²) in [6, 6.07) is 7.15. The van der Waals surface area contributed by atoms with Gasteiger partial charge in [-0.15, -0.1) is 11.3 Å². The van der Waals surface area contributed by atoms with Crippen LogP contribution in [0.15, 0.2) is 40.6 Å². The summed E-state index contributed by atoms with van der Waals surface area (Å²) in [4.78, 5) is 23.6. The van der Waals surface area contributed by atoms with Crippen LogP contribution in [0.5, 0.6) is 0 Å². The van der Waals surface area contributed by atoms with Crippen molar-refractivity contribution in [2.45, 2.75) is 4.90 Å². The monoisotopic (exact) mass is 396 g/mol. The standard InChI is InChI=1S/C16H16N2O6S2/c19-15(17-12-3-1-2-11(10-12)16(20)21)14-13(4-9-25-14)26(22,23)18-5-7-24-8-6-18/h1-4,9-10H,5-8H2,(H,17,19)(H,20,21). The van der Waals surface area contributed by atoms with E-state index in [-0.39, 0.29) is 34.1 Å². The fourth-order valence-corrected chi connectivity index (χ4v) is 5.21. The Labute approximate surface area is 154 Å². The molecule has 1 aliphatic heterocycles. The van der Waals surface area contributed by atoms with Crippen LogP contribution >= 0.6 is 11.3 Å². The summed E-state index contributed by atoms with van der Waals surface area (Å²) in [6.45, 7) is 1.10. The minimum Gasteiger partial charge on any atom is -0.478 e. The molecule has 1 aromatic heterocycles. The van der Waals surface area contributed by atoms with Gasteiger partial charge in [-0.3, -0.25) is 4.79 Å². The lowest BCUT2D eigenvalue weighted by molar-refractivity contribution is 0.0696. The number of amides is 1. The Morgan fingerprint density at radius 1 is 1.19 bits per heavy atom. The van der Waals surface area contributed by atoms with Crippen molar-refractivity contribution >= 4 is 38.9 Å². The number of hydrogen-bond donors (Lipinski definition) is 2. The number of carboxylic acids is 1. The van der Waals surface area contributed by atoms with Crippen LogP contribution in [0.4, 0.5) is 5.69 Å². The Bertz CT molecular complexity index is 932. The number of benzene rings is 1. The third kappa shape index (κ3) is 3.78. The van der Waals surface area contributed by atoms with E-state index in [2.05, 4.69) is 5.32 Å². The molecule has 1 aliphatic rings. The molecule has 1 saturated heterocycles. The molecule has 1 amide bonds. The first-order valence-electron chi connectivity index (χ1n) is 7.69. The number of carbonyl (C=O) groups excluding carboxylic acids is 1.